The number of hydrogen-bond acceptors (Lipinski definition) is 2. The van der Waals surface area contributed by atoms with Crippen LogP contribution in [0.1, 0.15) is 26.5 Å². The topological polar surface area (TPSA) is 38.9 Å². The number of benzene rings is 1. The molecule has 1 aromatic carbocycles. The lowest BCUT2D eigenvalue weighted by atomic mass is 9.91. The molecule has 0 radical (unpaired) electrons. The first-order chi connectivity index (χ1) is 7.39. The molecular formula is C13H15BrN2. The third kappa shape index (κ3) is 1.92. The molecule has 1 aromatic heterocycles. The largest absolute Gasteiger partial charge is 0.398 e. The highest BCUT2D eigenvalue weighted by molar-refractivity contribution is 9.10. The Bertz CT molecular complexity index is 541. The van der Waals surface area contributed by atoms with E-state index in [9.17, 15) is 0 Å². The molecule has 0 unspecified atom stereocenters. The van der Waals surface area contributed by atoms with Crippen molar-refractivity contribution in [1.29, 1.82) is 0 Å². The maximum atomic E-state index is 6.06. The van der Waals surface area contributed by atoms with Crippen LogP contribution in [0.25, 0.3) is 10.9 Å². The van der Waals surface area contributed by atoms with Crippen molar-refractivity contribution >= 4 is 32.5 Å². The highest BCUT2D eigenvalue weighted by Crippen LogP contribution is 2.30. The molecule has 1 heterocycles. The molecule has 0 bridgehead atoms. The highest BCUT2D eigenvalue weighted by atomic mass is 79.9. The van der Waals surface area contributed by atoms with E-state index in [0.717, 1.165) is 26.8 Å². The summed E-state index contributed by atoms with van der Waals surface area (Å²) in [5, 5.41) is 1.00. The molecule has 0 aliphatic rings. The fourth-order valence-electron chi connectivity index (χ4n) is 1.62. The zero-order valence-corrected chi connectivity index (χ0v) is 11.3. The SMILES string of the molecule is CC(C)(C)c1cc(N)c2cccc(Br)c2n1. The number of aromatic nitrogens is 1. The number of nitrogens with zero attached hydrogens (tertiary/aromatic N) is 1. The van der Waals surface area contributed by atoms with E-state index >= 15 is 0 Å². The molecule has 2 aromatic rings. The lowest BCUT2D eigenvalue weighted by Crippen LogP contribution is -2.14. The summed E-state index contributed by atoms with van der Waals surface area (Å²) in [6.07, 6.45) is 0. The minimum Gasteiger partial charge on any atom is -0.398 e. The summed E-state index contributed by atoms with van der Waals surface area (Å²) in [6.45, 7) is 6.41. The summed E-state index contributed by atoms with van der Waals surface area (Å²) in [4.78, 5) is 4.68. The molecule has 0 saturated heterocycles. The smallest absolute Gasteiger partial charge is 0.0868 e. The van der Waals surface area contributed by atoms with Crippen molar-refractivity contribution in [2.75, 3.05) is 5.73 Å². The Kier molecular flexibility index (Phi) is 2.66. The molecular weight excluding hydrogens is 264 g/mol. The predicted octanol–water partition coefficient (Wildman–Crippen LogP) is 3.88. The fourth-order valence-corrected chi connectivity index (χ4v) is 2.08. The molecule has 0 spiro atoms. The van der Waals surface area contributed by atoms with E-state index in [1.165, 1.54) is 0 Å². The highest BCUT2D eigenvalue weighted by Gasteiger charge is 2.17. The second-order valence-electron chi connectivity index (χ2n) is 4.98. The summed E-state index contributed by atoms with van der Waals surface area (Å²) in [5.41, 5.74) is 8.82. The van der Waals surface area contributed by atoms with Crippen LogP contribution in [0.2, 0.25) is 0 Å². The lowest BCUT2D eigenvalue weighted by molar-refractivity contribution is 0.572. The van der Waals surface area contributed by atoms with E-state index < -0.39 is 0 Å². The van der Waals surface area contributed by atoms with Crippen LogP contribution in [-0.4, -0.2) is 4.98 Å². The summed E-state index contributed by atoms with van der Waals surface area (Å²) in [7, 11) is 0. The van der Waals surface area contributed by atoms with Gasteiger partial charge in [0, 0.05) is 26.7 Å². The Morgan fingerprint density at radius 1 is 1.25 bits per heavy atom. The van der Waals surface area contributed by atoms with Crippen molar-refractivity contribution in [3.05, 3.63) is 34.4 Å². The Hall–Kier alpha value is -1.09. The van der Waals surface area contributed by atoms with Gasteiger partial charge in [0.1, 0.15) is 0 Å². The number of pyridine rings is 1. The molecule has 84 valence electrons. The van der Waals surface area contributed by atoms with Gasteiger partial charge in [-0.25, -0.2) is 0 Å². The predicted molar refractivity (Wildman–Crippen MR) is 72.6 cm³/mol. The second-order valence-corrected chi connectivity index (χ2v) is 5.84. The van der Waals surface area contributed by atoms with Gasteiger partial charge in [0.2, 0.25) is 0 Å². The Balaban J connectivity index is 2.81. The molecule has 0 atom stereocenters. The average molecular weight is 279 g/mol. The molecule has 2 nitrogen and oxygen atoms in total. The van der Waals surface area contributed by atoms with E-state index in [1.807, 2.05) is 24.3 Å². The lowest BCUT2D eigenvalue weighted by Gasteiger charge is -2.19. The molecule has 0 aliphatic heterocycles. The van der Waals surface area contributed by atoms with E-state index in [2.05, 4.69) is 41.7 Å². The van der Waals surface area contributed by atoms with Gasteiger partial charge in [0.05, 0.1) is 5.52 Å². The number of para-hydroxylation sites is 1. The number of rotatable bonds is 0. The van der Waals surface area contributed by atoms with Crippen LogP contribution in [0.4, 0.5) is 5.69 Å². The summed E-state index contributed by atoms with van der Waals surface area (Å²) >= 11 is 3.51. The normalized spacial score (nSPS) is 12.0. The minimum absolute atomic E-state index is 0.0115. The van der Waals surface area contributed by atoms with Crippen LogP contribution in [0.5, 0.6) is 0 Å². The van der Waals surface area contributed by atoms with Crippen molar-refractivity contribution in [3.63, 3.8) is 0 Å². The zero-order valence-electron chi connectivity index (χ0n) is 9.71. The van der Waals surface area contributed by atoms with Gasteiger partial charge in [-0.15, -0.1) is 0 Å². The van der Waals surface area contributed by atoms with Crippen LogP contribution in [0.15, 0.2) is 28.7 Å². The number of fused-ring (bicyclic) bond motifs is 1. The van der Waals surface area contributed by atoms with Gasteiger partial charge in [-0.3, -0.25) is 4.98 Å². The number of anilines is 1. The maximum absolute atomic E-state index is 6.06. The average Bonchev–Trinajstić information content (AvgIpc) is 2.18. The molecule has 16 heavy (non-hydrogen) atoms. The van der Waals surface area contributed by atoms with Gasteiger partial charge in [-0.2, -0.15) is 0 Å². The molecule has 0 saturated carbocycles. The number of nitrogen functional groups attached to an aromatic ring is 1. The van der Waals surface area contributed by atoms with Crippen molar-refractivity contribution in [3.8, 4) is 0 Å². The summed E-state index contributed by atoms with van der Waals surface area (Å²) in [6, 6.07) is 7.92. The molecule has 2 rings (SSSR count). The third-order valence-electron chi connectivity index (χ3n) is 2.59. The van der Waals surface area contributed by atoms with Crippen molar-refractivity contribution in [2.45, 2.75) is 26.2 Å². The van der Waals surface area contributed by atoms with Gasteiger partial charge >= 0.3 is 0 Å². The molecule has 2 N–H and O–H groups in total. The van der Waals surface area contributed by atoms with Gasteiger partial charge in [0.25, 0.3) is 0 Å². The van der Waals surface area contributed by atoms with Crippen LogP contribution >= 0.6 is 15.9 Å². The Morgan fingerprint density at radius 2 is 1.94 bits per heavy atom. The standard InChI is InChI=1S/C13H15BrN2/c1-13(2,3)11-7-10(15)8-5-4-6-9(14)12(8)16-11/h4-7H,1-3H3,(H2,15,16). The molecule has 0 amide bonds. The number of nitrogens with two attached hydrogens (primary N) is 1. The van der Waals surface area contributed by atoms with Gasteiger partial charge < -0.3 is 5.73 Å². The Labute approximate surface area is 104 Å². The molecule has 0 fully saturated rings. The maximum Gasteiger partial charge on any atom is 0.0868 e. The van der Waals surface area contributed by atoms with E-state index in [1.54, 1.807) is 0 Å². The van der Waals surface area contributed by atoms with Crippen molar-refractivity contribution in [2.24, 2.45) is 0 Å². The van der Waals surface area contributed by atoms with Crippen LogP contribution in [0, 0.1) is 0 Å². The second kappa shape index (κ2) is 3.74. The molecule has 3 heteroatoms. The van der Waals surface area contributed by atoms with Gasteiger partial charge in [-0.05, 0) is 28.1 Å². The monoisotopic (exact) mass is 278 g/mol. The van der Waals surface area contributed by atoms with Crippen LogP contribution in [-0.2, 0) is 5.41 Å². The van der Waals surface area contributed by atoms with Crippen molar-refractivity contribution in [1.82, 2.24) is 4.98 Å². The van der Waals surface area contributed by atoms with Crippen LogP contribution < -0.4 is 5.73 Å². The first-order valence-corrected chi connectivity index (χ1v) is 6.04. The van der Waals surface area contributed by atoms with Crippen molar-refractivity contribution < 1.29 is 0 Å². The quantitative estimate of drug-likeness (QED) is 0.794. The third-order valence-corrected chi connectivity index (χ3v) is 3.23. The summed E-state index contributed by atoms with van der Waals surface area (Å²) < 4.78 is 0.989. The Morgan fingerprint density at radius 3 is 2.56 bits per heavy atom. The first-order valence-electron chi connectivity index (χ1n) is 5.25. The van der Waals surface area contributed by atoms with E-state index in [0.29, 0.717) is 0 Å². The molecule has 0 aliphatic carbocycles. The summed E-state index contributed by atoms with van der Waals surface area (Å²) in [5.74, 6) is 0. The van der Waals surface area contributed by atoms with E-state index in [4.69, 9.17) is 5.73 Å². The number of halogens is 1. The van der Waals surface area contributed by atoms with E-state index in [-0.39, 0.29) is 5.41 Å². The van der Waals surface area contributed by atoms with Gasteiger partial charge in [0.15, 0.2) is 0 Å². The fraction of sp³-hybridized carbons (Fsp3) is 0.308. The number of hydrogen-bond donors (Lipinski definition) is 1. The minimum atomic E-state index is 0.0115. The zero-order chi connectivity index (χ0) is 11.9. The van der Waals surface area contributed by atoms with Gasteiger partial charge in [-0.1, -0.05) is 32.9 Å². The first kappa shape index (κ1) is 11.4. The van der Waals surface area contributed by atoms with Crippen LogP contribution in [0.3, 0.4) is 0 Å².